The Morgan fingerprint density at radius 1 is 1.11 bits per heavy atom. The van der Waals surface area contributed by atoms with E-state index >= 15 is 0 Å². The monoisotopic (exact) mass is 410 g/mol. The van der Waals surface area contributed by atoms with Crippen LogP contribution in [0.15, 0.2) is 47.4 Å². The molecule has 6 nitrogen and oxygen atoms in total. The zero-order valence-electron chi connectivity index (χ0n) is 15.4. The van der Waals surface area contributed by atoms with Gasteiger partial charge in [0.25, 0.3) is 0 Å². The summed E-state index contributed by atoms with van der Waals surface area (Å²) in [6.45, 7) is 6.00. The van der Waals surface area contributed by atoms with Crippen LogP contribution in [-0.4, -0.2) is 26.0 Å². The van der Waals surface area contributed by atoms with Gasteiger partial charge in [-0.2, -0.15) is 0 Å². The quantitative estimate of drug-likeness (QED) is 0.633. The highest BCUT2D eigenvalue weighted by molar-refractivity contribution is 7.89. The van der Waals surface area contributed by atoms with Crippen molar-refractivity contribution in [3.05, 3.63) is 53.1 Å². The molecule has 8 heteroatoms. The number of halogens is 1. The lowest BCUT2D eigenvalue weighted by Gasteiger charge is -2.20. The fourth-order valence-electron chi connectivity index (χ4n) is 2.31. The van der Waals surface area contributed by atoms with Crippen molar-refractivity contribution < 1.29 is 18.3 Å². The van der Waals surface area contributed by atoms with Gasteiger partial charge in [0.1, 0.15) is 5.75 Å². The predicted molar refractivity (Wildman–Crippen MR) is 107 cm³/mol. The van der Waals surface area contributed by atoms with E-state index < -0.39 is 15.9 Å². The Morgan fingerprint density at radius 2 is 1.74 bits per heavy atom. The summed E-state index contributed by atoms with van der Waals surface area (Å²) in [5, 5.41) is 13.0. The molecule has 1 amide bonds. The molecule has 0 aromatic heterocycles. The molecule has 27 heavy (non-hydrogen) atoms. The minimum absolute atomic E-state index is 0.0434. The molecule has 0 fully saturated rings. The van der Waals surface area contributed by atoms with Gasteiger partial charge in [-0.15, -0.1) is 0 Å². The standard InChI is InChI=1S/C19H23ClN2O4S/c1-19(2,3)13-4-9-17(23)16(12-13)22-18(24)10-11-21-27(25,26)15-7-5-14(20)6-8-15/h4-9,12,21,23H,10-11H2,1-3H3,(H,22,24). The Hall–Kier alpha value is -2.09. The normalized spacial score (nSPS) is 12.0. The molecule has 0 saturated heterocycles. The van der Waals surface area contributed by atoms with Crippen LogP contribution < -0.4 is 10.0 Å². The van der Waals surface area contributed by atoms with Gasteiger partial charge in [0.05, 0.1) is 10.6 Å². The topological polar surface area (TPSA) is 95.5 Å². The highest BCUT2D eigenvalue weighted by Crippen LogP contribution is 2.30. The average Bonchev–Trinajstić information content (AvgIpc) is 2.56. The minimum Gasteiger partial charge on any atom is -0.506 e. The third-order valence-corrected chi connectivity index (χ3v) is 5.63. The van der Waals surface area contributed by atoms with Gasteiger partial charge in [-0.25, -0.2) is 13.1 Å². The molecule has 0 saturated carbocycles. The lowest BCUT2D eigenvalue weighted by atomic mass is 9.87. The highest BCUT2D eigenvalue weighted by Gasteiger charge is 2.17. The van der Waals surface area contributed by atoms with Crippen LogP contribution in [0, 0.1) is 0 Å². The third kappa shape index (κ3) is 5.95. The van der Waals surface area contributed by atoms with Gasteiger partial charge in [0, 0.05) is 18.0 Å². The van der Waals surface area contributed by atoms with Crippen LogP contribution in [0.1, 0.15) is 32.8 Å². The lowest BCUT2D eigenvalue weighted by Crippen LogP contribution is -2.27. The summed E-state index contributed by atoms with van der Waals surface area (Å²) in [4.78, 5) is 12.2. The SMILES string of the molecule is CC(C)(C)c1ccc(O)c(NC(=O)CCNS(=O)(=O)c2ccc(Cl)cc2)c1. The first-order valence-electron chi connectivity index (χ1n) is 8.37. The molecule has 0 aliphatic heterocycles. The molecule has 2 rings (SSSR count). The number of aromatic hydroxyl groups is 1. The first-order chi connectivity index (χ1) is 12.5. The van der Waals surface area contributed by atoms with E-state index in [0.29, 0.717) is 10.7 Å². The van der Waals surface area contributed by atoms with E-state index in [1.54, 1.807) is 12.1 Å². The van der Waals surface area contributed by atoms with Gasteiger partial charge in [-0.05, 0) is 47.4 Å². The second kappa shape index (κ2) is 8.29. The molecule has 2 aromatic rings. The van der Waals surface area contributed by atoms with E-state index in [1.165, 1.54) is 30.3 Å². The zero-order chi connectivity index (χ0) is 20.2. The van der Waals surface area contributed by atoms with Gasteiger partial charge in [0.15, 0.2) is 0 Å². The summed E-state index contributed by atoms with van der Waals surface area (Å²) in [5.74, 6) is -0.451. The van der Waals surface area contributed by atoms with Crippen LogP contribution in [-0.2, 0) is 20.2 Å². The number of sulfonamides is 1. The van der Waals surface area contributed by atoms with Gasteiger partial charge in [-0.1, -0.05) is 38.4 Å². The van der Waals surface area contributed by atoms with Crippen LogP contribution in [0.5, 0.6) is 5.75 Å². The molecule has 0 aliphatic rings. The van der Waals surface area contributed by atoms with Crippen molar-refractivity contribution in [2.24, 2.45) is 0 Å². The van der Waals surface area contributed by atoms with Crippen molar-refractivity contribution in [1.82, 2.24) is 4.72 Å². The number of nitrogens with one attached hydrogen (secondary N) is 2. The molecule has 0 atom stereocenters. The van der Waals surface area contributed by atoms with E-state index in [4.69, 9.17) is 11.6 Å². The number of carbonyl (C=O) groups is 1. The highest BCUT2D eigenvalue weighted by atomic mass is 35.5. The number of amides is 1. The molecule has 0 radical (unpaired) electrons. The van der Waals surface area contributed by atoms with Crippen molar-refractivity contribution in [2.45, 2.75) is 37.5 Å². The molecule has 0 unspecified atom stereocenters. The molecule has 0 spiro atoms. The summed E-state index contributed by atoms with van der Waals surface area (Å²) < 4.78 is 26.7. The number of benzene rings is 2. The maximum Gasteiger partial charge on any atom is 0.240 e. The molecule has 146 valence electrons. The first-order valence-corrected chi connectivity index (χ1v) is 10.2. The largest absolute Gasteiger partial charge is 0.506 e. The summed E-state index contributed by atoms with van der Waals surface area (Å²) >= 11 is 5.75. The average molecular weight is 411 g/mol. The molecule has 0 heterocycles. The van der Waals surface area contributed by atoms with Crippen LogP contribution >= 0.6 is 11.6 Å². The number of hydrogen-bond donors (Lipinski definition) is 3. The van der Waals surface area contributed by atoms with Gasteiger partial charge in [0.2, 0.25) is 15.9 Å². The van der Waals surface area contributed by atoms with Crippen molar-refractivity contribution in [3.63, 3.8) is 0 Å². The fraction of sp³-hybridized carbons (Fsp3) is 0.316. The predicted octanol–water partition coefficient (Wildman–Crippen LogP) is 3.65. The second-order valence-electron chi connectivity index (χ2n) is 7.13. The van der Waals surface area contributed by atoms with E-state index in [2.05, 4.69) is 10.0 Å². The Bertz CT molecular complexity index is 920. The number of phenols is 1. The Balaban J connectivity index is 1.96. The molecular weight excluding hydrogens is 388 g/mol. The number of hydrogen-bond acceptors (Lipinski definition) is 4. The van der Waals surface area contributed by atoms with Crippen molar-refractivity contribution in [1.29, 1.82) is 0 Å². The Labute approximate surface area is 164 Å². The van der Waals surface area contributed by atoms with Crippen LogP contribution in [0.3, 0.4) is 0 Å². The van der Waals surface area contributed by atoms with Gasteiger partial charge < -0.3 is 10.4 Å². The third-order valence-electron chi connectivity index (χ3n) is 3.90. The molecule has 0 bridgehead atoms. The fourth-order valence-corrected chi connectivity index (χ4v) is 3.47. The molecule has 0 aliphatic carbocycles. The van der Waals surface area contributed by atoms with Crippen LogP contribution in [0.4, 0.5) is 5.69 Å². The smallest absolute Gasteiger partial charge is 0.240 e. The number of anilines is 1. The summed E-state index contributed by atoms with van der Waals surface area (Å²) in [5.41, 5.74) is 1.12. The van der Waals surface area contributed by atoms with Crippen molar-refractivity contribution in [2.75, 3.05) is 11.9 Å². The number of carbonyl (C=O) groups excluding carboxylic acids is 1. The first kappa shape index (κ1) is 21.2. The molecule has 2 aromatic carbocycles. The number of phenolic OH excluding ortho intramolecular Hbond substituents is 1. The second-order valence-corrected chi connectivity index (χ2v) is 9.34. The maximum absolute atomic E-state index is 12.2. The van der Waals surface area contributed by atoms with Gasteiger partial charge >= 0.3 is 0 Å². The lowest BCUT2D eigenvalue weighted by molar-refractivity contribution is -0.116. The summed E-state index contributed by atoms with van der Waals surface area (Å²) in [6, 6.07) is 10.8. The van der Waals surface area contributed by atoms with E-state index in [0.717, 1.165) is 5.56 Å². The number of rotatable bonds is 6. The van der Waals surface area contributed by atoms with E-state index in [9.17, 15) is 18.3 Å². The summed E-state index contributed by atoms with van der Waals surface area (Å²) in [7, 11) is -3.72. The Kier molecular flexibility index (Phi) is 6.51. The van der Waals surface area contributed by atoms with Crippen LogP contribution in [0.25, 0.3) is 0 Å². The van der Waals surface area contributed by atoms with Gasteiger partial charge in [-0.3, -0.25) is 4.79 Å². The molecule has 3 N–H and O–H groups in total. The maximum atomic E-state index is 12.2. The zero-order valence-corrected chi connectivity index (χ0v) is 17.0. The van der Waals surface area contributed by atoms with E-state index in [1.807, 2.05) is 20.8 Å². The summed E-state index contributed by atoms with van der Waals surface area (Å²) in [6.07, 6.45) is -0.0774. The van der Waals surface area contributed by atoms with E-state index in [-0.39, 0.29) is 29.0 Å². The minimum atomic E-state index is -3.72. The van der Waals surface area contributed by atoms with Crippen LogP contribution in [0.2, 0.25) is 5.02 Å². The Morgan fingerprint density at radius 3 is 2.33 bits per heavy atom. The van der Waals surface area contributed by atoms with Crippen molar-refractivity contribution >= 4 is 33.2 Å². The van der Waals surface area contributed by atoms with Crippen molar-refractivity contribution in [3.8, 4) is 5.75 Å². The molecular formula is C19H23ClN2O4S.